The van der Waals surface area contributed by atoms with Crippen LogP contribution in [0, 0.1) is 0 Å². The van der Waals surface area contributed by atoms with E-state index < -0.39 is 6.10 Å². The van der Waals surface area contributed by atoms with E-state index in [9.17, 15) is 5.11 Å². The van der Waals surface area contributed by atoms with Gasteiger partial charge in [-0.15, -0.1) is 0 Å². The van der Waals surface area contributed by atoms with Crippen molar-refractivity contribution in [2.45, 2.75) is 38.4 Å². The second kappa shape index (κ2) is 5.39. The van der Waals surface area contributed by atoms with Crippen LogP contribution in [-0.2, 0) is 0 Å². The Bertz CT molecular complexity index is 446. The van der Waals surface area contributed by atoms with Gasteiger partial charge in [-0.2, -0.15) is 0 Å². The molecule has 3 N–H and O–H groups in total. The predicted molar refractivity (Wildman–Crippen MR) is 77.7 cm³/mol. The highest BCUT2D eigenvalue weighted by molar-refractivity contribution is 5.62. The number of likely N-dealkylation sites (N-methyl/N-ethyl adjacent to an activating group) is 1. The van der Waals surface area contributed by atoms with Gasteiger partial charge in [-0.25, -0.2) is 0 Å². The van der Waals surface area contributed by atoms with E-state index in [4.69, 9.17) is 10.5 Å². The molecule has 1 heterocycles. The van der Waals surface area contributed by atoms with Crippen LogP contribution >= 0.6 is 0 Å². The molecule has 19 heavy (non-hydrogen) atoms. The molecule has 1 atom stereocenters. The molecule has 1 unspecified atom stereocenters. The van der Waals surface area contributed by atoms with E-state index in [1.807, 2.05) is 18.2 Å². The smallest absolute Gasteiger partial charge is 0.143 e. The summed E-state index contributed by atoms with van der Waals surface area (Å²) < 4.78 is 5.96. The van der Waals surface area contributed by atoms with Gasteiger partial charge in [-0.1, -0.05) is 6.07 Å². The van der Waals surface area contributed by atoms with Crippen molar-refractivity contribution in [3.05, 3.63) is 23.8 Å². The largest absolute Gasteiger partial charge is 0.484 e. The number of fused-ring (bicyclic) bond motifs is 1. The zero-order valence-corrected chi connectivity index (χ0v) is 12.0. The third-order valence-corrected chi connectivity index (χ3v) is 3.46. The van der Waals surface area contributed by atoms with Gasteiger partial charge in [0.1, 0.15) is 11.4 Å². The van der Waals surface area contributed by atoms with Crippen molar-refractivity contribution in [2.24, 2.45) is 5.73 Å². The summed E-state index contributed by atoms with van der Waals surface area (Å²) in [6.45, 7) is 5.61. The topological polar surface area (TPSA) is 58.7 Å². The van der Waals surface area contributed by atoms with Gasteiger partial charge >= 0.3 is 0 Å². The van der Waals surface area contributed by atoms with E-state index in [0.717, 1.165) is 30.0 Å². The van der Waals surface area contributed by atoms with Crippen LogP contribution in [0.4, 0.5) is 5.69 Å². The number of nitrogens with zero attached hydrogens (tertiary/aromatic N) is 1. The van der Waals surface area contributed by atoms with Crippen molar-refractivity contribution in [3.8, 4) is 5.75 Å². The van der Waals surface area contributed by atoms with E-state index in [1.54, 1.807) is 0 Å². The second-order valence-electron chi connectivity index (χ2n) is 5.89. The van der Waals surface area contributed by atoms with Gasteiger partial charge in [0.15, 0.2) is 0 Å². The number of benzene rings is 1. The van der Waals surface area contributed by atoms with Crippen molar-refractivity contribution in [3.63, 3.8) is 0 Å². The van der Waals surface area contributed by atoms with Gasteiger partial charge in [0.2, 0.25) is 0 Å². The molecule has 0 fully saturated rings. The third-order valence-electron chi connectivity index (χ3n) is 3.46. The first-order valence-electron chi connectivity index (χ1n) is 6.85. The number of nitrogens with two attached hydrogens (primary N) is 1. The molecule has 4 nitrogen and oxygen atoms in total. The molecule has 0 saturated heterocycles. The Labute approximate surface area is 115 Å². The molecule has 1 aliphatic heterocycles. The van der Waals surface area contributed by atoms with Crippen molar-refractivity contribution in [1.82, 2.24) is 0 Å². The molecule has 1 aliphatic rings. The van der Waals surface area contributed by atoms with Crippen LogP contribution < -0.4 is 15.4 Å². The van der Waals surface area contributed by atoms with Crippen LogP contribution in [0.2, 0.25) is 0 Å². The molecule has 0 aromatic heterocycles. The normalized spacial score (nSPS) is 18.7. The fourth-order valence-corrected chi connectivity index (χ4v) is 2.59. The lowest BCUT2D eigenvalue weighted by Gasteiger charge is -2.39. The Balaban J connectivity index is 2.22. The first kappa shape index (κ1) is 14.2. The van der Waals surface area contributed by atoms with E-state index in [0.29, 0.717) is 13.0 Å². The summed E-state index contributed by atoms with van der Waals surface area (Å²) in [5, 5.41) is 10.1. The molecule has 0 aliphatic carbocycles. The summed E-state index contributed by atoms with van der Waals surface area (Å²) in [6.07, 6.45) is 1.08. The molecule has 0 saturated carbocycles. The Morgan fingerprint density at radius 1 is 1.47 bits per heavy atom. The maximum Gasteiger partial charge on any atom is 0.143 e. The summed E-state index contributed by atoms with van der Waals surface area (Å²) in [6, 6.07) is 5.91. The molecular weight excluding hydrogens is 240 g/mol. The summed E-state index contributed by atoms with van der Waals surface area (Å²) in [5.41, 5.74) is 7.28. The van der Waals surface area contributed by atoms with Crippen LogP contribution in [0.1, 0.15) is 38.4 Å². The van der Waals surface area contributed by atoms with Crippen LogP contribution in [0.15, 0.2) is 18.2 Å². The minimum Gasteiger partial charge on any atom is -0.484 e. The van der Waals surface area contributed by atoms with Gasteiger partial charge in [-0.05, 0) is 50.9 Å². The SMILES string of the molecule is CN1CC(C)(C)Oc2ccc(C(O)CCCN)cc21. The predicted octanol–water partition coefficient (Wildman–Crippen LogP) is 2.07. The zero-order valence-electron chi connectivity index (χ0n) is 12.0. The summed E-state index contributed by atoms with van der Waals surface area (Å²) in [5.74, 6) is 0.883. The van der Waals surface area contributed by atoms with Crippen molar-refractivity contribution < 1.29 is 9.84 Å². The highest BCUT2D eigenvalue weighted by Crippen LogP contribution is 2.38. The molecule has 106 valence electrons. The van der Waals surface area contributed by atoms with E-state index in [1.165, 1.54) is 0 Å². The monoisotopic (exact) mass is 264 g/mol. The molecule has 0 radical (unpaired) electrons. The van der Waals surface area contributed by atoms with E-state index >= 15 is 0 Å². The molecule has 0 amide bonds. The number of anilines is 1. The molecular formula is C15H24N2O2. The van der Waals surface area contributed by atoms with E-state index in [2.05, 4.69) is 25.8 Å². The maximum absolute atomic E-state index is 10.1. The van der Waals surface area contributed by atoms with Crippen LogP contribution in [0.3, 0.4) is 0 Å². The molecule has 0 spiro atoms. The minimum atomic E-state index is -0.447. The standard InChI is InChI=1S/C15H24N2O2/c1-15(2)10-17(3)12-9-11(6-7-14(12)19-15)13(18)5-4-8-16/h6-7,9,13,18H,4-5,8,10,16H2,1-3H3. The number of hydrogen-bond acceptors (Lipinski definition) is 4. The van der Waals surface area contributed by atoms with Crippen LogP contribution in [0.5, 0.6) is 5.75 Å². The van der Waals surface area contributed by atoms with Crippen molar-refractivity contribution >= 4 is 5.69 Å². The lowest BCUT2D eigenvalue weighted by molar-refractivity contribution is 0.107. The Kier molecular flexibility index (Phi) is 4.02. The first-order chi connectivity index (χ1) is 8.93. The third kappa shape index (κ3) is 3.19. The highest BCUT2D eigenvalue weighted by atomic mass is 16.5. The Hall–Kier alpha value is -1.26. The number of hydrogen-bond donors (Lipinski definition) is 2. The lowest BCUT2D eigenvalue weighted by Crippen LogP contribution is -2.45. The van der Waals surface area contributed by atoms with Gasteiger partial charge in [0, 0.05) is 7.05 Å². The highest BCUT2D eigenvalue weighted by Gasteiger charge is 2.30. The number of aliphatic hydroxyl groups is 1. The van der Waals surface area contributed by atoms with Crippen molar-refractivity contribution in [2.75, 3.05) is 25.0 Å². The second-order valence-corrected chi connectivity index (χ2v) is 5.89. The molecule has 0 bridgehead atoms. The number of rotatable bonds is 4. The number of ether oxygens (including phenoxy) is 1. The number of aliphatic hydroxyl groups excluding tert-OH is 1. The summed E-state index contributed by atoms with van der Waals surface area (Å²) in [7, 11) is 2.05. The fourth-order valence-electron chi connectivity index (χ4n) is 2.59. The molecule has 4 heteroatoms. The quantitative estimate of drug-likeness (QED) is 0.874. The molecule has 1 aromatic carbocycles. The summed E-state index contributed by atoms with van der Waals surface area (Å²) >= 11 is 0. The summed E-state index contributed by atoms with van der Waals surface area (Å²) in [4.78, 5) is 2.18. The molecule has 2 rings (SSSR count). The Morgan fingerprint density at radius 3 is 2.89 bits per heavy atom. The fraction of sp³-hybridized carbons (Fsp3) is 0.600. The van der Waals surface area contributed by atoms with Gasteiger partial charge in [-0.3, -0.25) is 0 Å². The minimum absolute atomic E-state index is 0.179. The van der Waals surface area contributed by atoms with Gasteiger partial charge in [0.05, 0.1) is 18.3 Å². The molecule has 1 aromatic rings. The Morgan fingerprint density at radius 2 is 2.21 bits per heavy atom. The van der Waals surface area contributed by atoms with E-state index in [-0.39, 0.29) is 5.60 Å². The average molecular weight is 264 g/mol. The first-order valence-corrected chi connectivity index (χ1v) is 6.85. The average Bonchev–Trinajstić information content (AvgIpc) is 2.34. The van der Waals surface area contributed by atoms with Gasteiger partial charge in [0.25, 0.3) is 0 Å². The maximum atomic E-state index is 10.1. The van der Waals surface area contributed by atoms with Gasteiger partial charge < -0.3 is 20.5 Å². The van der Waals surface area contributed by atoms with Crippen molar-refractivity contribution in [1.29, 1.82) is 0 Å². The van der Waals surface area contributed by atoms with Crippen LogP contribution in [-0.4, -0.2) is 30.8 Å². The zero-order chi connectivity index (χ0) is 14.0. The lowest BCUT2D eigenvalue weighted by atomic mass is 10.0. The van der Waals surface area contributed by atoms with Crippen LogP contribution in [0.25, 0.3) is 0 Å².